The lowest BCUT2D eigenvalue weighted by Crippen LogP contribution is -2.42. The van der Waals surface area contributed by atoms with Crippen molar-refractivity contribution < 1.29 is 9.90 Å². The van der Waals surface area contributed by atoms with Crippen molar-refractivity contribution in [1.82, 2.24) is 10.6 Å². The number of hydrogen-bond acceptors (Lipinski definition) is 2. The number of carbonyl (C=O) groups is 1. The first-order valence-corrected chi connectivity index (χ1v) is 8.60. The van der Waals surface area contributed by atoms with E-state index in [0.29, 0.717) is 18.0 Å². The molecule has 2 aliphatic carbocycles. The van der Waals surface area contributed by atoms with Gasteiger partial charge in [0.1, 0.15) is 0 Å². The van der Waals surface area contributed by atoms with Crippen molar-refractivity contribution in [2.75, 3.05) is 0 Å². The maximum atomic E-state index is 10.7. The normalized spacial score (nSPS) is 30.7. The lowest BCUT2D eigenvalue weighted by Gasteiger charge is -2.29. The fraction of sp³-hybridized carbons (Fsp3) is 0.526. The van der Waals surface area contributed by atoms with Crippen molar-refractivity contribution in [3.05, 3.63) is 41.5 Å². The molecule has 0 bridgehead atoms. The van der Waals surface area contributed by atoms with Gasteiger partial charge in [0.25, 0.3) is 0 Å². The zero-order valence-corrected chi connectivity index (χ0v) is 13.7. The van der Waals surface area contributed by atoms with E-state index in [1.54, 1.807) is 0 Å². The summed E-state index contributed by atoms with van der Waals surface area (Å²) in [6, 6.07) is 11.8. The van der Waals surface area contributed by atoms with Gasteiger partial charge in [-0.15, -0.1) is 0 Å². The SMILES string of the molecule is C/C(=C\c1ccccc1)[C@H]1C[C@@H]1NC1CCC(NC(=O)O)CC1. The first-order chi connectivity index (χ1) is 11.1. The Kier molecular flexibility index (Phi) is 5.01. The standard InChI is InChI=1S/C19H26N2O2/c1-13(11-14-5-3-2-4-6-14)17-12-18(17)20-15-7-9-16(10-8-15)21-19(22)23/h2-6,11,15-18,20-21H,7-10,12H2,1H3,(H,22,23)/b13-11+/t15?,16?,17-,18+/m1/s1. The summed E-state index contributed by atoms with van der Waals surface area (Å²) < 4.78 is 0. The van der Waals surface area contributed by atoms with Gasteiger partial charge in [-0.25, -0.2) is 4.79 Å². The molecule has 0 aromatic heterocycles. The number of rotatable bonds is 5. The Balaban J connectivity index is 1.43. The number of carboxylic acid groups (broad SMARTS) is 1. The second-order valence-electron chi connectivity index (χ2n) is 6.91. The third-order valence-corrected chi connectivity index (χ3v) is 5.07. The molecule has 0 heterocycles. The Labute approximate surface area is 138 Å². The highest BCUT2D eigenvalue weighted by Crippen LogP contribution is 2.39. The molecule has 4 nitrogen and oxygen atoms in total. The van der Waals surface area contributed by atoms with Crippen LogP contribution >= 0.6 is 0 Å². The summed E-state index contributed by atoms with van der Waals surface area (Å²) in [7, 11) is 0. The molecule has 1 amide bonds. The third-order valence-electron chi connectivity index (χ3n) is 5.07. The van der Waals surface area contributed by atoms with Gasteiger partial charge in [-0.2, -0.15) is 0 Å². The first kappa shape index (κ1) is 16.1. The van der Waals surface area contributed by atoms with E-state index in [1.165, 1.54) is 17.6 Å². The largest absolute Gasteiger partial charge is 0.465 e. The third kappa shape index (κ3) is 4.58. The lowest BCUT2D eigenvalue weighted by molar-refractivity contribution is 0.183. The van der Waals surface area contributed by atoms with Crippen molar-refractivity contribution in [3.8, 4) is 0 Å². The number of hydrogen-bond donors (Lipinski definition) is 3. The quantitative estimate of drug-likeness (QED) is 0.777. The molecular formula is C19H26N2O2. The Bertz CT molecular complexity index is 562. The fourth-order valence-corrected chi connectivity index (χ4v) is 3.68. The van der Waals surface area contributed by atoms with Crippen molar-refractivity contribution in [1.29, 1.82) is 0 Å². The minimum Gasteiger partial charge on any atom is -0.465 e. The van der Waals surface area contributed by atoms with Crippen LogP contribution in [0.5, 0.6) is 0 Å². The van der Waals surface area contributed by atoms with Crippen LogP contribution in [-0.4, -0.2) is 29.3 Å². The molecule has 2 saturated carbocycles. The van der Waals surface area contributed by atoms with Gasteiger partial charge in [0, 0.05) is 18.1 Å². The van der Waals surface area contributed by atoms with Crippen LogP contribution in [0.15, 0.2) is 35.9 Å². The maximum Gasteiger partial charge on any atom is 0.404 e. The lowest BCUT2D eigenvalue weighted by atomic mass is 9.91. The topological polar surface area (TPSA) is 61.4 Å². The predicted octanol–water partition coefficient (Wildman–Crippen LogP) is 3.65. The molecule has 0 aliphatic heterocycles. The highest BCUT2D eigenvalue weighted by molar-refractivity contribution is 5.64. The van der Waals surface area contributed by atoms with Crippen LogP contribution in [0.3, 0.4) is 0 Å². The Morgan fingerprint density at radius 3 is 2.43 bits per heavy atom. The minimum absolute atomic E-state index is 0.139. The van der Waals surface area contributed by atoms with E-state index in [0.717, 1.165) is 25.7 Å². The van der Waals surface area contributed by atoms with Gasteiger partial charge in [-0.05, 0) is 50.5 Å². The highest BCUT2D eigenvalue weighted by Gasteiger charge is 2.39. The zero-order valence-electron chi connectivity index (χ0n) is 13.7. The summed E-state index contributed by atoms with van der Waals surface area (Å²) in [5, 5.41) is 15.1. The first-order valence-electron chi connectivity index (χ1n) is 8.60. The number of amides is 1. The average molecular weight is 314 g/mol. The summed E-state index contributed by atoms with van der Waals surface area (Å²) in [5.74, 6) is 0.657. The van der Waals surface area contributed by atoms with Gasteiger partial charge in [-0.1, -0.05) is 42.0 Å². The summed E-state index contributed by atoms with van der Waals surface area (Å²) in [4.78, 5) is 10.7. The monoisotopic (exact) mass is 314 g/mol. The second-order valence-corrected chi connectivity index (χ2v) is 6.91. The molecule has 2 aliphatic rings. The molecule has 2 fully saturated rings. The van der Waals surface area contributed by atoms with Gasteiger partial charge in [-0.3, -0.25) is 0 Å². The molecule has 23 heavy (non-hydrogen) atoms. The maximum absolute atomic E-state index is 10.7. The Morgan fingerprint density at radius 2 is 1.78 bits per heavy atom. The molecule has 0 saturated heterocycles. The molecule has 2 atom stereocenters. The summed E-state index contributed by atoms with van der Waals surface area (Å²) >= 11 is 0. The van der Waals surface area contributed by atoms with Crippen LogP contribution in [-0.2, 0) is 0 Å². The van der Waals surface area contributed by atoms with Crippen molar-refractivity contribution in [2.45, 2.75) is 57.2 Å². The van der Waals surface area contributed by atoms with Gasteiger partial charge in [0.05, 0.1) is 0 Å². The molecule has 1 aromatic rings. The minimum atomic E-state index is -0.898. The van der Waals surface area contributed by atoms with E-state index < -0.39 is 6.09 Å². The molecule has 0 radical (unpaired) electrons. The highest BCUT2D eigenvalue weighted by atomic mass is 16.4. The average Bonchev–Trinajstić information content (AvgIpc) is 3.29. The molecule has 3 N–H and O–H groups in total. The number of nitrogens with one attached hydrogen (secondary N) is 2. The van der Waals surface area contributed by atoms with Gasteiger partial charge < -0.3 is 15.7 Å². The molecule has 4 heteroatoms. The van der Waals surface area contributed by atoms with Crippen LogP contribution in [0.4, 0.5) is 4.79 Å². The van der Waals surface area contributed by atoms with Crippen molar-refractivity contribution in [2.24, 2.45) is 5.92 Å². The molecule has 124 valence electrons. The van der Waals surface area contributed by atoms with E-state index in [4.69, 9.17) is 5.11 Å². The van der Waals surface area contributed by atoms with E-state index in [9.17, 15) is 4.79 Å². The van der Waals surface area contributed by atoms with Gasteiger partial charge in [0.2, 0.25) is 0 Å². The summed E-state index contributed by atoms with van der Waals surface area (Å²) in [6.45, 7) is 2.23. The number of benzene rings is 1. The molecule has 1 aromatic carbocycles. The van der Waals surface area contributed by atoms with E-state index in [1.807, 2.05) is 6.07 Å². The second kappa shape index (κ2) is 7.18. The molecule has 3 rings (SSSR count). The van der Waals surface area contributed by atoms with Crippen molar-refractivity contribution >= 4 is 12.2 Å². The van der Waals surface area contributed by atoms with Gasteiger partial charge in [0.15, 0.2) is 0 Å². The van der Waals surface area contributed by atoms with Crippen LogP contribution in [0.1, 0.15) is 44.6 Å². The van der Waals surface area contributed by atoms with Crippen LogP contribution < -0.4 is 10.6 Å². The van der Waals surface area contributed by atoms with Gasteiger partial charge >= 0.3 is 6.09 Å². The summed E-state index contributed by atoms with van der Waals surface area (Å²) in [5.41, 5.74) is 2.73. The van der Waals surface area contributed by atoms with Crippen LogP contribution in [0.25, 0.3) is 6.08 Å². The molecule has 0 spiro atoms. The molecular weight excluding hydrogens is 288 g/mol. The Hall–Kier alpha value is -1.81. The van der Waals surface area contributed by atoms with Crippen LogP contribution in [0.2, 0.25) is 0 Å². The summed E-state index contributed by atoms with van der Waals surface area (Å²) in [6.07, 6.45) is 6.64. The Morgan fingerprint density at radius 1 is 1.13 bits per heavy atom. The molecule has 0 unspecified atom stereocenters. The van der Waals surface area contributed by atoms with Crippen LogP contribution in [0, 0.1) is 5.92 Å². The van der Waals surface area contributed by atoms with Crippen molar-refractivity contribution in [3.63, 3.8) is 0 Å². The van der Waals surface area contributed by atoms with E-state index in [-0.39, 0.29) is 6.04 Å². The smallest absolute Gasteiger partial charge is 0.404 e. The predicted molar refractivity (Wildman–Crippen MR) is 92.3 cm³/mol. The van der Waals surface area contributed by atoms with E-state index >= 15 is 0 Å². The zero-order chi connectivity index (χ0) is 16.2. The van der Waals surface area contributed by atoms with E-state index in [2.05, 4.69) is 47.9 Å². The fourth-order valence-electron chi connectivity index (χ4n) is 3.68.